The average Bonchev–Trinajstić information content (AvgIpc) is 2.48. The van der Waals surface area contributed by atoms with Gasteiger partial charge in [-0.1, -0.05) is 60.7 Å². The van der Waals surface area contributed by atoms with Crippen LogP contribution in [0.4, 0.5) is 0 Å². The molecule has 0 aliphatic rings. The van der Waals surface area contributed by atoms with Gasteiger partial charge in [-0.15, -0.1) is 0 Å². The van der Waals surface area contributed by atoms with E-state index in [1.807, 2.05) is 60.7 Å². The van der Waals surface area contributed by atoms with Gasteiger partial charge in [-0.05, 0) is 30.8 Å². The Morgan fingerprint density at radius 3 is 1.76 bits per heavy atom. The minimum atomic E-state index is -1.77. The van der Waals surface area contributed by atoms with Gasteiger partial charge in [0.25, 0.3) is 0 Å². The van der Waals surface area contributed by atoms with Crippen LogP contribution in [0.15, 0.2) is 60.7 Å². The highest BCUT2D eigenvalue weighted by atomic mass is 28.4. The fourth-order valence-electron chi connectivity index (χ4n) is 2.33. The molecule has 0 saturated heterocycles. The molecule has 3 heteroatoms. The number of nitriles is 1. The summed E-state index contributed by atoms with van der Waals surface area (Å²) in [6.45, 7) is 6.47. The molecule has 0 fully saturated rings. The molecule has 21 heavy (non-hydrogen) atoms. The van der Waals surface area contributed by atoms with Crippen molar-refractivity contribution < 1.29 is 4.43 Å². The summed E-state index contributed by atoms with van der Waals surface area (Å²) >= 11 is 0. The van der Waals surface area contributed by atoms with Gasteiger partial charge in [-0.2, -0.15) is 5.26 Å². The van der Waals surface area contributed by atoms with Crippen LogP contribution in [0.2, 0.25) is 19.6 Å². The molecule has 0 saturated carbocycles. The highest BCUT2D eigenvalue weighted by Crippen LogP contribution is 2.35. The first-order valence-corrected chi connectivity index (χ1v) is 10.6. The third kappa shape index (κ3) is 4.29. The van der Waals surface area contributed by atoms with E-state index in [-0.39, 0.29) is 12.0 Å². The molecule has 0 N–H and O–H groups in total. The second-order valence-corrected chi connectivity index (χ2v) is 10.5. The zero-order valence-electron chi connectivity index (χ0n) is 12.8. The van der Waals surface area contributed by atoms with Gasteiger partial charge in [-0.3, -0.25) is 0 Å². The van der Waals surface area contributed by atoms with Crippen molar-refractivity contribution in [2.75, 3.05) is 0 Å². The first-order valence-electron chi connectivity index (χ1n) is 7.18. The molecule has 2 rings (SSSR count). The maximum absolute atomic E-state index is 9.69. The lowest BCUT2D eigenvalue weighted by Crippen LogP contribution is -2.30. The Kier molecular flexibility index (Phi) is 4.95. The van der Waals surface area contributed by atoms with Crippen LogP contribution >= 0.6 is 0 Å². The van der Waals surface area contributed by atoms with Gasteiger partial charge in [0.1, 0.15) is 5.92 Å². The SMILES string of the molecule is C[Si](C)(C)OC(c1ccccc1)C(C#N)c1ccccc1. The Morgan fingerprint density at radius 2 is 1.33 bits per heavy atom. The van der Waals surface area contributed by atoms with Crippen molar-refractivity contribution in [2.24, 2.45) is 0 Å². The Morgan fingerprint density at radius 1 is 0.857 bits per heavy atom. The standard InChI is InChI=1S/C18H21NOSi/c1-21(2,3)20-18(16-12-8-5-9-13-16)17(14-19)15-10-6-4-7-11-15/h4-13,17-18H,1-3H3. The first kappa shape index (κ1) is 15.5. The molecular formula is C18H21NOSi. The highest BCUT2D eigenvalue weighted by molar-refractivity contribution is 6.69. The summed E-state index contributed by atoms with van der Waals surface area (Å²) in [6.07, 6.45) is -0.217. The Hall–Kier alpha value is -1.89. The lowest BCUT2D eigenvalue weighted by molar-refractivity contribution is 0.184. The van der Waals surface area contributed by atoms with Gasteiger partial charge in [-0.25, -0.2) is 0 Å². The van der Waals surface area contributed by atoms with Gasteiger partial charge in [0.15, 0.2) is 8.32 Å². The van der Waals surface area contributed by atoms with Crippen molar-refractivity contribution in [3.63, 3.8) is 0 Å². The number of benzene rings is 2. The molecule has 2 aromatic rings. The number of rotatable bonds is 5. The van der Waals surface area contributed by atoms with E-state index in [0.29, 0.717) is 0 Å². The van der Waals surface area contributed by atoms with E-state index in [4.69, 9.17) is 4.43 Å². The van der Waals surface area contributed by atoms with Crippen molar-refractivity contribution in [2.45, 2.75) is 31.7 Å². The summed E-state index contributed by atoms with van der Waals surface area (Å²) in [5.41, 5.74) is 2.07. The molecule has 2 nitrogen and oxygen atoms in total. The van der Waals surface area contributed by atoms with Crippen molar-refractivity contribution in [3.05, 3.63) is 71.8 Å². The average molecular weight is 295 g/mol. The number of nitrogens with zero attached hydrogens (tertiary/aromatic N) is 1. The van der Waals surface area contributed by atoms with Crippen LogP contribution in [0.5, 0.6) is 0 Å². The quantitative estimate of drug-likeness (QED) is 0.736. The lowest BCUT2D eigenvalue weighted by atomic mass is 9.90. The largest absolute Gasteiger partial charge is 0.409 e. The van der Waals surface area contributed by atoms with E-state index in [1.54, 1.807) is 0 Å². The Balaban J connectivity index is 2.41. The lowest BCUT2D eigenvalue weighted by Gasteiger charge is -2.30. The molecule has 0 spiro atoms. The van der Waals surface area contributed by atoms with Crippen LogP contribution in [0, 0.1) is 11.3 Å². The summed E-state index contributed by atoms with van der Waals surface area (Å²) in [7, 11) is -1.77. The molecule has 0 aromatic heterocycles. The second kappa shape index (κ2) is 6.71. The third-order valence-corrected chi connectivity index (χ3v) is 4.17. The second-order valence-electron chi connectivity index (χ2n) is 6.08. The number of hydrogen-bond acceptors (Lipinski definition) is 2. The zero-order chi connectivity index (χ0) is 15.3. The molecule has 0 aliphatic carbocycles. The normalized spacial score (nSPS) is 14.2. The molecule has 2 atom stereocenters. The molecule has 0 radical (unpaired) electrons. The van der Waals surface area contributed by atoms with Crippen molar-refractivity contribution in [1.82, 2.24) is 0 Å². The molecule has 0 aliphatic heterocycles. The predicted molar refractivity (Wildman–Crippen MR) is 88.4 cm³/mol. The van der Waals surface area contributed by atoms with Crippen LogP contribution in [-0.4, -0.2) is 8.32 Å². The van der Waals surface area contributed by atoms with Crippen molar-refractivity contribution in [3.8, 4) is 6.07 Å². The minimum absolute atomic E-state index is 0.217. The molecule has 0 heterocycles. The minimum Gasteiger partial charge on any atom is -0.409 e. The third-order valence-electron chi connectivity index (χ3n) is 3.21. The fourth-order valence-corrected chi connectivity index (χ4v) is 3.36. The predicted octanol–water partition coefficient (Wildman–Crippen LogP) is 4.89. The van der Waals surface area contributed by atoms with Gasteiger partial charge in [0, 0.05) is 0 Å². The summed E-state index contributed by atoms with van der Waals surface area (Å²) in [5, 5.41) is 9.69. The van der Waals surface area contributed by atoms with Crippen LogP contribution in [0.25, 0.3) is 0 Å². The van der Waals surface area contributed by atoms with Gasteiger partial charge in [0.05, 0.1) is 12.2 Å². The summed E-state index contributed by atoms with van der Waals surface area (Å²) in [5.74, 6) is -0.291. The Bertz CT molecular complexity index is 599. The monoisotopic (exact) mass is 295 g/mol. The van der Waals surface area contributed by atoms with Gasteiger partial charge in [0.2, 0.25) is 0 Å². The zero-order valence-corrected chi connectivity index (χ0v) is 13.8. The molecule has 108 valence electrons. The van der Waals surface area contributed by atoms with Crippen LogP contribution < -0.4 is 0 Å². The maximum Gasteiger partial charge on any atom is 0.184 e. The maximum atomic E-state index is 9.69. The smallest absolute Gasteiger partial charge is 0.184 e. The van der Waals surface area contributed by atoms with Crippen LogP contribution in [0.3, 0.4) is 0 Å². The van der Waals surface area contributed by atoms with Gasteiger partial charge < -0.3 is 4.43 Å². The first-order chi connectivity index (χ1) is 10.0. The van der Waals surface area contributed by atoms with Crippen LogP contribution in [0.1, 0.15) is 23.1 Å². The number of hydrogen-bond donors (Lipinski definition) is 0. The van der Waals surface area contributed by atoms with Crippen LogP contribution in [-0.2, 0) is 4.43 Å². The molecule has 2 aromatic carbocycles. The van der Waals surface area contributed by atoms with Gasteiger partial charge >= 0.3 is 0 Å². The molecule has 2 unspecified atom stereocenters. The van der Waals surface area contributed by atoms with E-state index in [0.717, 1.165) is 11.1 Å². The molecule has 0 amide bonds. The van der Waals surface area contributed by atoms with Crippen molar-refractivity contribution in [1.29, 1.82) is 5.26 Å². The summed E-state index contributed by atoms with van der Waals surface area (Å²) in [4.78, 5) is 0. The summed E-state index contributed by atoms with van der Waals surface area (Å²) in [6, 6.07) is 22.4. The molecule has 0 bridgehead atoms. The fraction of sp³-hybridized carbons (Fsp3) is 0.278. The summed E-state index contributed by atoms with van der Waals surface area (Å²) < 4.78 is 6.35. The van der Waals surface area contributed by atoms with Crippen molar-refractivity contribution >= 4 is 8.32 Å². The Labute approximate surface area is 128 Å². The van der Waals surface area contributed by atoms with E-state index < -0.39 is 8.32 Å². The molecular weight excluding hydrogens is 274 g/mol. The van der Waals surface area contributed by atoms with E-state index >= 15 is 0 Å². The van der Waals surface area contributed by atoms with E-state index in [1.165, 1.54) is 0 Å². The topological polar surface area (TPSA) is 33.0 Å². The van der Waals surface area contributed by atoms with E-state index in [9.17, 15) is 5.26 Å². The van der Waals surface area contributed by atoms with E-state index in [2.05, 4.69) is 25.7 Å². The highest BCUT2D eigenvalue weighted by Gasteiger charge is 2.30.